The number of hydrogen-bond acceptors (Lipinski definition) is 7. The van der Waals surface area contributed by atoms with Crippen LogP contribution in [0.4, 0.5) is 10.8 Å². The molecule has 8 nitrogen and oxygen atoms in total. The lowest BCUT2D eigenvalue weighted by molar-refractivity contribution is -0.384. The number of benzene rings is 1. The molecule has 9 heteroatoms. The molecule has 1 aliphatic rings. The Kier molecular flexibility index (Phi) is 4.99. The Labute approximate surface area is 153 Å². The van der Waals surface area contributed by atoms with E-state index < -0.39 is 10.9 Å². The summed E-state index contributed by atoms with van der Waals surface area (Å²) < 4.78 is 5.02. The number of non-ortho nitro benzene ring substituents is 1. The quantitative estimate of drug-likeness (QED) is 0.436. The van der Waals surface area contributed by atoms with Crippen LogP contribution in [0.5, 0.6) is 0 Å². The Balaban J connectivity index is 1.94. The first kappa shape index (κ1) is 18.0. The minimum atomic E-state index is -0.537. The average molecular weight is 375 g/mol. The van der Waals surface area contributed by atoms with Crippen molar-refractivity contribution in [3.63, 3.8) is 0 Å². The molecule has 0 atom stereocenters. The van der Waals surface area contributed by atoms with Crippen LogP contribution in [0.15, 0.2) is 24.3 Å². The molecule has 0 aliphatic heterocycles. The van der Waals surface area contributed by atoms with E-state index in [0.29, 0.717) is 15.7 Å². The molecule has 1 aromatic heterocycles. The van der Waals surface area contributed by atoms with Gasteiger partial charge in [0.1, 0.15) is 4.88 Å². The largest absolute Gasteiger partial charge is 0.462 e. The number of thiazole rings is 1. The van der Waals surface area contributed by atoms with E-state index in [1.807, 2.05) is 0 Å². The number of nitro benzene ring substituents is 1. The van der Waals surface area contributed by atoms with Crippen LogP contribution in [-0.2, 0) is 4.74 Å². The zero-order chi connectivity index (χ0) is 18.8. The van der Waals surface area contributed by atoms with Gasteiger partial charge in [-0.1, -0.05) is 17.4 Å². The molecular formula is C17H17N3O5S. The maximum absolute atomic E-state index is 13.0. The first-order valence-corrected chi connectivity index (χ1v) is 8.96. The maximum Gasteiger partial charge on any atom is 0.350 e. The summed E-state index contributed by atoms with van der Waals surface area (Å²) >= 11 is 1.10. The highest BCUT2D eigenvalue weighted by molar-refractivity contribution is 7.17. The summed E-state index contributed by atoms with van der Waals surface area (Å²) in [6.45, 7) is 3.66. The number of carbonyl (C=O) groups excluding carboxylic acids is 2. The SMILES string of the molecule is CCOC(=O)c1sc(N(C(=O)c2cccc([N+](=O)[O-])c2)C2CC2)nc1C. The third-order valence-electron chi connectivity index (χ3n) is 3.89. The van der Waals surface area contributed by atoms with Gasteiger partial charge in [-0.25, -0.2) is 9.78 Å². The Bertz CT molecular complexity index is 875. The Hall–Kier alpha value is -2.81. The maximum atomic E-state index is 13.0. The van der Waals surface area contributed by atoms with Gasteiger partial charge in [-0.05, 0) is 32.8 Å². The second kappa shape index (κ2) is 7.20. The van der Waals surface area contributed by atoms with E-state index >= 15 is 0 Å². The summed E-state index contributed by atoms with van der Waals surface area (Å²) in [6.07, 6.45) is 1.65. The van der Waals surface area contributed by atoms with Crippen LogP contribution in [0, 0.1) is 17.0 Å². The fraction of sp³-hybridized carbons (Fsp3) is 0.353. The topological polar surface area (TPSA) is 103 Å². The van der Waals surface area contributed by atoms with Crippen LogP contribution in [0.3, 0.4) is 0 Å². The molecule has 1 aliphatic carbocycles. The molecule has 0 unspecified atom stereocenters. The van der Waals surface area contributed by atoms with Gasteiger partial charge in [0.2, 0.25) is 0 Å². The van der Waals surface area contributed by atoms with E-state index in [9.17, 15) is 19.7 Å². The predicted octanol–water partition coefficient (Wildman–Crippen LogP) is 3.35. The second-order valence-corrected chi connectivity index (χ2v) is 6.82. The van der Waals surface area contributed by atoms with Crippen molar-refractivity contribution in [3.8, 4) is 0 Å². The van der Waals surface area contributed by atoms with E-state index in [1.54, 1.807) is 13.8 Å². The van der Waals surface area contributed by atoms with Gasteiger partial charge in [0.05, 0.1) is 17.2 Å². The van der Waals surface area contributed by atoms with Crippen molar-refractivity contribution in [2.24, 2.45) is 0 Å². The monoisotopic (exact) mass is 375 g/mol. The van der Waals surface area contributed by atoms with Gasteiger partial charge in [0.15, 0.2) is 5.13 Å². The highest BCUT2D eigenvalue weighted by Gasteiger charge is 2.37. The van der Waals surface area contributed by atoms with E-state index in [2.05, 4.69) is 4.98 Å². The van der Waals surface area contributed by atoms with Gasteiger partial charge in [-0.3, -0.25) is 19.8 Å². The third-order valence-corrected chi connectivity index (χ3v) is 5.02. The van der Waals surface area contributed by atoms with Crippen molar-refractivity contribution in [1.82, 2.24) is 4.98 Å². The smallest absolute Gasteiger partial charge is 0.350 e. The Morgan fingerprint density at radius 3 is 2.77 bits per heavy atom. The number of nitrogens with zero attached hydrogens (tertiary/aromatic N) is 3. The average Bonchev–Trinajstić information content (AvgIpc) is 3.37. The number of aromatic nitrogens is 1. The number of esters is 1. The van der Waals surface area contributed by atoms with Gasteiger partial charge < -0.3 is 4.74 Å². The minimum absolute atomic E-state index is 0.0117. The summed E-state index contributed by atoms with van der Waals surface area (Å²) in [5.41, 5.74) is 0.576. The second-order valence-electron chi connectivity index (χ2n) is 5.85. The van der Waals surface area contributed by atoms with Crippen LogP contribution in [0.2, 0.25) is 0 Å². The number of aryl methyl sites for hydroxylation is 1. The molecule has 0 N–H and O–H groups in total. The molecule has 0 saturated heterocycles. The molecule has 1 saturated carbocycles. The lowest BCUT2D eigenvalue weighted by Gasteiger charge is -2.19. The molecule has 26 heavy (non-hydrogen) atoms. The fourth-order valence-electron chi connectivity index (χ4n) is 2.50. The van der Waals surface area contributed by atoms with Crippen LogP contribution in [0.25, 0.3) is 0 Å². The van der Waals surface area contributed by atoms with Crippen molar-refractivity contribution in [3.05, 3.63) is 50.5 Å². The number of carbonyl (C=O) groups is 2. The standard InChI is InChI=1S/C17H17N3O5S/c1-3-25-16(22)14-10(2)18-17(26-14)19(12-7-8-12)15(21)11-5-4-6-13(9-11)20(23)24/h4-6,9,12H,3,7-8H2,1-2H3. The van der Waals surface area contributed by atoms with Gasteiger partial charge in [-0.15, -0.1) is 0 Å². The highest BCUT2D eigenvalue weighted by atomic mass is 32.1. The third kappa shape index (κ3) is 3.57. The zero-order valence-electron chi connectivity index (χ0n) is 14.3. The Morgan fingerprint density at radius 1 is 1.42 bits per heavy atom. The van der Waals surface area contributed by atoms with E-state index in [0.717, 1.165) is 24.2 Å². The molecule has 1 aromatic carbocycles. The molecule has 3 rings (SSSR count). The van der Waals surface area contributed by atoms with Crippen LogP contribution < -0.4 is 4.90 Å². The van der Waals surface area contributed by atoms with Gasteiger partial charge in [0, 0.05) is 23.7 Å². The fourth-order valence-corrected chi connectivity index (χ4v) is 3.54. The normalized spacial score (nSPS) is 13.3. The molecular weight excluding hydrogens is 358 g/mol. The minimum Gasteiger partial charge on any atom is -0.462 e. The van der Waals surface area contributed by atoms with Crippen molar-refractivity contribution in [2.45, 2.75) is 32.7 Å². The molecule has 1 fully saturated rings. The van der Waals surface area contributed by atoms with Crippen molar-refractivity contribution in [1.29, 1.82) is 0 Å². The summed E-state index contributed by atoms with van der Waals surface area (Å²) in [6, 6.07) is 5.60. The molecule has 2 aromatic rings. The summed E-state index contributed by atoms with van der Waals surface area (Å²) in [5.74, 6) is -0.826. The molecule has 0 radical (unpaired) electrons. The molecule has 136 valence electrons. The zero-order valence-corrected chi connectivity index (χ0v) is 15.1. The number of rotatable bonds is 6. The van der Waals surface area contributed by atoms with Gasteiger partial charge >= 0.3 is 5.97 Å². The highest BCUT2D eigenvalue weighted by Crippen LogP contribution is 2.37. The molecule has 1 heterocycles. The lowest BCUT2D eigenvalue weighted by atomic mass is 10.2. The summed E-state index contributed by atoms with van der Waals surface area (Å²) in [7, 11) is 0. The summed E-state index contributed by atoms with van der Waals surface area (Å²) in [4.78, 5) is 41.7. The summed E-state index contributed by atoms with van der Waals surface area (Å²) in [5, 5.41) is 11.4. The van der Waals surface area contributed by atoms with E-state index in [1.165, 1.54) is 29.2 Å². The molecule has 0 spiro atoms. The van der Waals surface area contributed by atoms with Crippen molar-refractivity contribution < 1.29 is 19.2 Å². The van der Waals surface area contributed by atoms with Crippen LogP contribution in [0.1, 0.15) is 45.5 Å². The van der Waals surface area contributed by atoms with Gasteiger partial charge in [0.25, 0.3) is 11.6 Å². The van der Waals surface area contributed by atoms with Gasteiger partial charge in [-0.2, -0.15) is 0 Å². The Morgan fingerprint density at radius 2 is 2.15 bits per heavy atom. The number of anilines is 1. The first-order chi connectivity index (χ1) is 12.4. The number of amides is 1. The predicted molar refractivity (Wildman–Crippen MR) is 95.7 cm³/mol. The van der Waals surface area contributed by atoms with Crippen molar-refractivity contribution in [2.75, 3.05) is 11.5 Å². The first-order valence-electron chi connectivity index (χ1n) is 8.15. The number of ether oxygens (including phenoxy) is 1. The van der Waals surface area contributed by atoms with Crippen molar-refractivity contribution >= 4 is 34.0 Å². The molecule has 0 bridgehead atoms. The number of nitro groups is 1. The van der Waals surface area contributed by atoms with E-state index in [-0.39, 0.29) is 29.8 Å². The molecule has 1 amide bonds. The van der Waals surface area contributed by atoms with Crippen LogP contribution >= 0.6 is 11.3 Å². The lowest BCUT2D eigenvalue weighted by Crippen LogP contribution is -2.33. The van der Waals surface area contributed by atoms with Crippen LogP contribution in [-0.4, -0.2) is 34.4 Å². The number of hydrogen-bond donors (Lipinski definition) is 0. The van der Waals surface area contributed by atoms with E-state index in [4.69, 9.17) is 4.74 Å².